The zero-order valence-corrected chi connectivity index (χ0v) is 12.7. The van der Waals surface area contributed by atoms with Gasteiger partial charge < -0.3 is 4.74 Å². The molecule has 10 heteroatoms. The van der Waals surface area contributed by atoms with E-state index in [9.17, 15) is 24.5 Å². The number of aryl methyl sites for hydroxylation is 1. The largest absolute Gasteiger partial charge is 0.464 e. The summed E-state index contributed by atoms with van der Waals surface area (Å²) in [5, 5.41) is 14.6. The molecule has 0 spiro atoms. The quantitative estimate of drug-likeness (QED) is 0.353. The lowest BCUT2D eigenvalue weighted by Gasteiger charge is -2.17. The van der Waals surface area contributed by atoms with Gasteiger partial charge in [0.2, 0.25) is 5.91 Å². The van der Waals surface area contributed by atoms with Gasteiger partial charge in [-0.1, -0.05) is 6.07 Å². The number of nitrogens with zero attached hydrogens (tertiary/aromatic N) is 3. The van der Waals surface area contributed by atoms with E-state index in [0.29, 0.717) is 5.56 Å². The Morgan fingerprint density at radius 2 is 2.08 bits per heavy atom. The average molecular weight is 332 g/mol. The van der Waals surface area contributed by atoms with Crippen molar-refractivity contribution in [1.82, 2.24) is 5.43 Å². The van der Waals surface area contributed by atoms with Gasteiger partial charge in [-0.3, -0.25) is 25.1 Å². The van der Waals surface area contributed by atoms with E-state index in [4.69, 9.17) is 0 Å². The van der Waals surface area contributed by atoms with Gasteiger partial charge in [0.05, 0.1) is 17.7 Å². The first-order chi connectivity index (χ1) is 11.4. The predicted octanol–water partition coefficient (Wildman–Crippen LogP) is -0.107. The second-order valence-electron chi connectivity index (χ2n) is 5.31. The van der Waals surface area contributed by atoms with E-state index in [1.165, 1.54) is 12.1 Å². The second-order valence-corrected chi connectivity index (χ2v) is 5.31. The van der Waals surface area contributed by atoms with Crippen molar-refractivity contribution in [2.45, 2.75) is 13.0 Å². The SMILES string of the molecule is COC(=O)C1=NN[C@@H]2C(=O)N(c3cc([N+](=O)[O-])ccc3C)C(=O)[C@H]12. The van der Waals surface area contributed by atoms with Crippen LogP contribution in [0.2, 0.25) is 0 Å². The van der Waals surface area contributed by atoms with Crippen LogP contribution >= 0.6 is 0 Å². The molecule has 24 heavy (non-hydrogen) atoms. The molecule has 0 radical (unpaired) electrons. The van der Waals surface area contributed by atoms with Crippen LogP contribution in [0.4, 0.5) is 11.4 Å². The number of hydrazone groups is 1. The number of amides is 2. The number of carbonyl (C=O) groups excluding carboxylic acids is 3. The molecule has 1 N–H and O–H groups in total. The number of nitrogens with one attached hydrogen (secondary N) is 1. The van der Waals surface area contributed by atoms with Crippen molar-refractivity contribution in [2.24, 2.45) is 11.0 Å². The Bertz CT molecular complexity index is 817. The second kappa shape index (κ2) is 5.41. The summed E-state index contributed by atoms with van der Waals surface area (Å²) in [6.07, 6.45) is 0. The number of fused-ring (bicyclic) bond motifs is 1. The molecule has 2 heterocycles. The van der Waals surface area contributed by atoms with Crippen LogP contribution in [0, 0.1) is 23.0 Å². The Labute approximate surface area is 135 Å². The van der Waals surface area contributed by atoms with E-state index in [0.717, 1.165) is 18.1 Å². The van der Waals surface area contributed by atoms with Crippen molar-refractivity contribution in [3.8, 4) is 0 Å². The third-order valence-electron chi connectivity index (χ3n) is 3.96. The Kier molecular flexibility index (Phi) is 3.51. The molecule has 0 aliphatic carbocycles. The third kappa shape index (κ3) is 2.11. The maximum absolute atomic E-state index is 12.7. The van der Waals surface area contributed by atoms with Crippen molar-refractivity contribution in [1.29, 1.82) is 0 Å². The molecule has 0 aromatic heterocycles. The van der Waals surface area contributed by atoms with Crippen LogP contribution in [-0.4, -0.2) is 41.6 Å². The summed E-state index contributed by atoms with van der Waals surface area (Å²) >= 11 is 0. The van der Waals surface area contributed by atoms with E-state index in [2.05, 4.69) is 15.3 Å². The van der Waals surface area contributed by atoms with E-state index in [1.54, 1.807) is 6.92 Å². The molecule has 2 atom stereocenters. The summed E-state index contributed by atoms with van der Waals surface area (Å²) in [5.41, 5.74) is 2.65. The first-order valence-corrected chi connectivity index (χ1v) is 6.91. The van der Waals surface area contributed by atoms with Gasteiger partial charge in [0.25, 0.3) is 11.6 Å². The monoisotopic (exact) mass is 332 g/mol. The third-order valence-corrected chi connectivity index (χ3v) is 3.96. The topological polar surface area (TPSA) is 131 Å². The predicted molar refractivity (Wildman–Crippen MR) is 80.2 cm³/mol. The van der Waals surface area contributed by atoms with Crippen LogP contribution in [0.5, 0.6) is 0 Å². The van der Waals surface area contributed by atoms with Crippen molar-refractivity contribution < 1.29 is 24.0 Å². The summed E-state index contributed by atoms with van der Waals surface area (Å²) in [7, 11) is 1.14. The van der Waals surface area contributed by atoms with Crippen LogP contribution in [-0.2, 0) is 19.1 Å². The highest BCUT2D eigenvalue weighted by Crippen LogP contribution is 2.34. The molecule has 10 nitrogen and oxygen atoms in total. The summed E-state index contributed by atoms with van der Waals surface area (Å²) in [6, 6.07) is 2.86. The normalized spacial score (nSPS) is 22.1. The lowest BCUT2D eigenvalue weighted by molar-refractivity contribution is -0.384. The zero-order chi connectivity index (χ0) is 17.6. The Balaban J connectivity index is 2.03. The molecule has 2 amide bonds. The molecule has 0 unspecified atom stereocenters. The average Bonchev–Trinajstić information content (AvgIpc) is 3.09. The highest BCUT2D eigenvalue weighted by Gasteiger charge is 2.56. The number of ether oxygens (including phenoxy) is 1. The molecule has 1 saturated heterocycles. The minimum absolute atomic E-state index is 0.111. The fraction of sp³-hybridized carbons (Fsp3) is 0.286. The maximum atomic E-state index is 12.7. The number of hydrogen-bond acceptors (Lipinski definition) is 8. The zero-order valence-electron chi connectivity index (χ0n) is 12.7. The van der Waals surface area contributed by atoms with Crippen molar-refractivity contribution >= 4 is 34.9 Å². The van der Waals surface area contributed by atoms with Crippen LogP contribution in [0.25, 0.3) is 0 Å². The number of methoxy groups -OCH3 is 1. The standard InChI is InChI=1S/C14H12N4O6/c1-6-3-4-7(18(22)23)5-8(6)17-12(19)9-10(13(17)20)15-16-11(9)14(21)24-2/h3-5,9-10,15H,1-2H3/t9-,10-/m0/s1. The Morgan fingerprint density at radius 1 is 1.38 bits per heavy atom. The molecular weight excluding hydrogens is 320 g/mol. The number of anilines is 1. The highest BCUT2D eigenvalue weighted by atomic mass is 16.6. The van der Waals surface area contributed by atoms with Crippen molar-refractivity contribution in [3.05, 3.63) is 33.9 Å². The molecule has 1 aromatic carbocycles. The number of carbonyl (C=O) groups is 3. The number of nitro groups is 1. The van der Waals surface area contributed by atoms with Crippen molar-refractivity contribution in [2.75, 3.05) is 12.0 Å². The molecule has 2 aliphatic heterocycles. The van der Waals surface area contributed by atoms with Gasteiger partial charge >= 0.3 is 5.97 Å². The summed E-state index contributed by atoms with van der Waals surface area (Å²) in [6.45, 7) is 1.62. The first-order valence-electron chi connectivity index (χ1n) is 6.91. The lowest BCUT2D eigenvalue weighted by Crippen LogP contribution is -2.36. The number of benzene rings is 1. The molecule has 0 saturated carbocycles. The van der Waals surface area contributed by atoms with E-state index in [-0.39, 0.29) is 17.1 Å². The van der Waals surface area contributed by atoms with Crippen LogP contribution in [0.1, 0.15) is 5.56 Å². The molecular formula is C14H12N4O6. The van der Waals surface area contributed by atoms with Crippen molar-refractivity contribution in [3.63, 3.8) is 0 Å². The van der Waals surface area contributed by atoms with Gasteiger partial charge in [-0.25, -0.2) is 9.69 Å². The number of non-ortho nitro benzene ring substituents is 1. The van der Waals surface area contributed by atoms with E-state index < -0.39 is 34.7 Å². The highest BCUT2D eigenvalue weighted by molar-refractivity contribution is 6.46. The van der Waals surface area contributed by atoms with Crippen LogP contribution in [0.3, 0.4) is 0 Å². The van der Waals surface area contributed by atoms with Gasteiger partial charge in [0.1, 0.15) is 12.0 Å². The number of hydrogen-bond donors (Lipinski definition) is 1. The minimum Gasteiger partial charge on any atom is -0.464 e. The lowest BCUT2D eigenvalue weighted by atomic mass is 9.99. The van der Waals surface area contributed by atoms with Gasteiger partial charge in [0, 0.05) is 12.1 Å². The summed E-state index contributed by atoms with van der Waals surface area (Å²) in [4.78, 5) is 48.1. The summed E-state index contributed by atoms with van der Waals surface area (Å²) in [5.74, 6) is -3.23. The fourth-order valence-corrected chi connectivity index (χ4v) is 2.75. The van der Waals surface area contributed by atoms with Gasteiger partial charge in [0.15, 0.2) is 5.71 Å². The first kappa shape index (κ1) is 15.6. The molecule has 0 bridgehead atoms. The molecule has 124 valence electrons. The van der Waals surface area contributed by atoms with Gasteiger partial charge in [-0.15, -0.1) is 0 Å². The fourth-order valence-electron chi connectivity index (χ4n) is 2.75. The van der Waals surface area contributed by atoms with E-state index in [1.807, 2.05) is 0 Å². The molecule has 3 rings (SSSR count). The molecule has 1 fully saturated rings. The Hall–Kier alpha value is -3.30. The molecule has 2 aliphatic rings. The minimum atomic E-state index is -1.11. The number of esters is 1. The smallest absolute Gasteiger partial charge is 0.355 e. The van der Waals surface area contributed by atoms with Crippen LogP contribution in [0.15, 0.2) is 23.3 Å². The van der Waals surface area contributed by atoms with Gasteiger partial charge in [-0.2, -0.15) is 5.10 Å². The summed E-state index contributed by atoms with van der Waals surface area (Å²) < 4.78 is 4.56. The number of rotatable bonds is 3. The number of imide groups is 1. The maximum Gasteiger partial charge on any atom is 0.355 e. The van der Waals surface area contributed by atoms with E-state index >= 15 is 0 Å². The Morgan fingerprint density at radius 3 is 2.71 bits per heavy atom. The number of nitro benzene ring substituents is 1. The van der Waals surface area contributed by atoms with Crippen LogP contribution < -0.4 is 10.3 Å². The van der Waals surface area contributed by atoms with Gasteiger partial charge in [-0.05, 0) is 12.5 Å². The molecule has 1 aromatic rings.